The van der Waals surface area contributed by atoms with Crippen molar-refractivity contribution in [3.8, 4) is 0 Å². The van der Waals surface area contributed by atoms with Crippen LogP contribution < -0.4 is 10.2 Å². The lowest BCUT2D eigenvalue weighted by atomic mass is 9.90. The van der Waals surface area contributed by atoms with E-state index < -0.39 is 0 Å². The predicted molar refractivity (Wildman–Crippen MR) is 113 cm³/mol. The molecule has 1 saturated heterocycles. The van der Waals surface area contributed by atoms with Crippen molar-refractivity contribution in [1.29, 1.82) is 0 Å². The number of aryl methyl sites for hydroxylation is 1. The zero-order valence-electron chi connectivity index (χ0n) is 16.4. The van der Waals surface area contributed by atoms with Crippen molar-refractivity contribution in [3.63, 3.8) is 0 Å². The van der Waals surface area contributed by atoms with E-state index in [0.29, 0.717) is 0 Å². The first-order valence-electron chi connectivity index (χ1n) is 10.0. The molecule has 0 amide bonds. The largest absolute Gasteiger partial charge is 0.365 e. The summed E-state index contributed by atoms with van der Waals surface area (Å²) in [5, 5.41) is 11.8. The fraction of sp³-hybridized carbons (Fsp3) is 0.348. The average molecular weight is 374 g/mol. The van der Waals surface area contributed by atoms with Crippen molar-refractivity contribution in [2.24, 2.45) is 5.92 Å². The molecule has 1 fully saturated rings. The van der Waals surface area contributed by atoms with Crippen LogP contribution in [-0.4, -0.2) is 28.3 Å². The lowest BCUT2D eigenvalue weighted by molar-refractivity contribution is 0.400. The van der Waals surface area contributed by atoms with Crippen LogP contribution in [0.2, 0.25) is 0 Å². The molecule has 28 heavy (non-hydrogen) atoms. The first-order chi connectivity index (χ1) is 13.8. The summed E-state index contributed by atoms with van der Waals surface area (Å²) in [6, 6.07) is 19.3. The molecule has 2 heterocycles. The molecule has 5 nitrogen and oxygen atoms in total. The van der Waals surface area contributed by atoms with Gasteiger partial charge in [0, 0.05) is 19.6 Å². The van der Waals surface area contributed by atoms with Gasteiger partial charge in [-0.15, -0.1) is 5.10 Å². The third-order valence-corrected chi connectivity index (χ3v) is 5.37. The van der Waals surface area contributed by atoms with E-state index in [1.54, 1.807) is 6.20 Å². The van der Waals surface area contributed by atoms with Gasteiger partial charge in [0.15, 0.2) is 5.82 Å². The highest BCUT2D eigenvalue weighted by Crippen LogP contribution is 2.24. The Morgan fingerprint density at radius 2 is 1.79 bits per heavy atom. The number of hydrogen-bond donors (Lipinski definition) is 1. The molecule has 5 heteroatoms. The molecule has 0 spiro atoms. The van der Waals surface area contributed by atoms with Crippen molar-refractivity contribution in [3.05, 3.63) is 77.5 Å². The number of aromatic nitrogens is 3. The summed E-state index contributed by atoms with van der Waals surface area (Å²) in [6.07, 6.45) is 5.19. The van der Waals surface area contributed by atoms with Gasteiger partial charge in [0.1, 0.15) is 0 Å². The predicted octanol–water partition coefficient (Wildman–Crippen LogP) is 4.25. The zero-order valence-corrected chi connectivity index (χ0v) is 16.4. The molecule has 1 aliphatic heterocycles. The standard InChI is InChI=1S/C23H27N5/c1-18-6-5-9-21(14-18)16-24-22-17-25-27-23(26-22)28-12-10-20(11-13-28)15-19-7-3-2-4-8-19/h2-9,14,17,20H,10-13,15-16H2,1H3,(H,24,26,27). The number of hydrogen-bond acceptors (Lipinski definition) is 5. The number of benzene rings is 2. The van der Waals surface area contributed by atoms with Gasteiger partial charge in [0.2, 0.25) is 5.95 Å². The van der Waals surface area contributed by atoms with Crippen molar-refractivity contribution in [1.82, 2.24) is 15.2 Å². The van der Waals surface area contributed by atoms with E-state index >= 15 is 0 Å². The lowest BCUT2D eigenvalue weighted by Crippen LogP contribution is -2.35. The van der Waals surface area contributed by atoms with Gasteiger partial charge < -0.3 is 10.2 Å². The van der Waals surface area contributed by atoms with Crippen LogP contribution in [0.15, 0.2) is 60.8 Å². The summed E-state index contributed by atoms with van der Waals surface area (Å²) in [4.78, 5) is 6.94. The Bertz CT molecular complexity index is 888. The minimum atomic E-state index is 0.729. The fourth-order valence-corrected chi connectivity index (χ4v) is 3.81. The Hall–Kier alpha value is -2.95. The Balaban J connectivity index is 1.32. The van der Waals surface area contributed by atoms with Crippen molar-refractivity contribution < 1.29 is 0 Å². The molecule has 3 aromatic rings. The highest BCUT2D eigenvalue weighted by Gasteiger charge is 2.21. The van der Waals surface area contributed by atoms with E-state index in [9.17, 15) is 0 Å². The quantitative estimate of drug-likeness (QED) is 0.700. The van der Waals surface area contributed by atoms with Crippen molar-refractivity contribution in [2.45, 2.75) is 32.7 Å². The normalized spacial score (nSPS) is 14.8. The van der Waals surface area contributed by atoms with Gasteiger partial charge in [-0.1, -0.05) is 60.2 Å². The maximum absolute atomic E-state index is 4.68. The molecule has 0 atom stereocenters. The van der Waals surface area contributed by atoms with Crippen LogP contribution >= 0.6 is 0 Å². The molecule has 0 unspecified atom stereocenters. The maximum Gasteiger partial charge on any atom is 0.247 e. The molecule has 1 N–H and O–H groups in total. The topological polar surface area (TPSA) is 53.9 Å². The minimum Gasteiger partial charge on any atom is -0.365 e. The molecular weight excluding hydrogens is 346 g/mol. The van der Waals surface area contributed by atoms with Crippen LogP contribution in [0.3, 0.4) is 0 Å². The van der Waals surface area contributed by atoms with E-state index in [4.69, 9.17) is 0 Å². The Morgan fingerprint density at radius 1 is 1.00 bits per heavy atom. The van der Waals surface area contributed by atoms with Crippen LogP contribution in [0.1, 0.15) is 29.5 Å². The smallest absolute Gasteiger partial charge is 0.247 e. The van der Waals surface area contributed by atoms with Gasteiger partial charge in [-0.2, -0.15) is 10.1 Å². The Kier molecular flexibility index (Phi) is 5.80. The van der Waals surface area contributed by atoms with Gasteiger partial charge in [0.25, 0.3) is 0 Å². The number of nitrogens with zero attached hydrogens (tertiary/aromatic N) is 4. The number of nitrogens with one attached hydrogen (secondary N) is 1. The average Bonchev–Trinajstić information content (AvgIpc) is 2.74. The van der Waals surface area contributed by atoms with E-state index in [0.717, 1.165) is 43.7 Å². The third kappa shape index (κ3) is 4.85. The summed E-state index contributed by atoms with van der Waals surface area (Å²) < 4.78 is 0. The summed E-state index contributed by atoms with van der Waals surface area (Å²) in [5.74, 6) is 2.24. The third-order valence-electron chi connectivity index (χ3n) is 5.37. The molecule has 1 aromatic heterocycles. The van der Waals surface area contributed by atoms with Crippen LogP contribution in [-0.2, 0) is 13.0 Å². The maximum atomic E-state index is 4.68. The van der Waals surface area contributed by atoms with Gasteiger partial charge in [-0.05, 0) is 43.2 Å². The van der Waals surface area contributed by atoms with E-state index in [1.165, 1.54) is 29.5 Å². The highest BCUT2D eigenvalue weighted by atomic mass is 15.3. The molecular formula is C23H27N5. The first kappa shape index (κ1) is 18.4. The van der Waals surface area contributed by atoms with E-state index in [2.05, 4.69) is 86.9 Å². The number of rotatable bonds is 6. The molecule has 144 valence electrons. The first-order valence-corrected chi connectivity index (χ1v) is 10.0. The van der Waals surface area contributed by atoms with Crippen LogP contribution in [0, 0.1) is 12.8 Å². The lowest BCUT2D eigenvalue weighted by Gasteiger charge is -2.31. The van der Waals surface area contributed by atoms with Gasteiger partial charge in [-0.3, -0.25) is 0 Å². The van der Waals surface area contributed by atoms with Crippen molar-refractivity contribution in [2.75, 3.05) is 23.3 Å². The molecule has 4 rings (SSSR count). The second-order valence-corrected chi connectivity index (χ2v) is 7.60. The van der Waals surface area contributed by atoms with Crippen LogP contribution in [0.4, 0.5) is 11.8 Å². The van der Waals surface area contributed by atoms with E-state index in [1.807, 2.05) is 0 Å². The second-order valence-electron chi connectivity index (χ2n) is 7.60. The summed E-state index contributed by atoms with van der Waals surface area (Å²) in [7, 11) is 0. The molecule has 0 bridgehead atoms. The SMILES string of the molecule is Cc1cccc(CNc2cnnc(N3CCC(Cc4ccccc4)CC3)n2)c1. The van der Waals surface area contributed by atoms with Crippen LogP contribution in [0.25, 0.3) is 0 Å². The highest BCUT2D eigenvalue weighted by molar-refractivity contribution is 5.40. The van der Waals surface area contributed by atoms with Gasteiger partial charge >= 0.3 is 0 Å². The summed E-state index contributed by atoms with van der Waals surface area (Å²) in [6.45, 7) is 4.81. The zero-order chi connectivity index (χ0) is 19.2. The van der Waals surface area contributed by atoms with E-state index in [-0.39, 0.29) is 0 Å². The van der Waals surface area contributed by atoms with Gasteiger partial charge in [-0.25, -0.2) is 0 Å². The second kappa shape index (κ2) is 8.83. The monoisotopic (exact) mass is 373 g/mol. The molecule has 0 aliphatic carbocycles. The summed E-state index contributed by atoms with van der Waals surface area (Å²) >= 11 is 0. The minimum absolute atomic E-state index is 0.729. The van der Waals surface area contributed by atoms with Crippen molar-refractivity contribution >= 4 is 11.8 Å². The fourth-order valence-electron chi connectivity index (χ4n) is 3.81. The van der Waals surface area contributed by atoms with Gasteiger partial charge in [0.05, 0.1) is 6.20 Å². The number of anilines is 2. The molecule has 1 aliphatic rings. The molecule has 2 aromatic carbocycles. The summed E-state index contributed by atoms with van der Waals surface area (Å²) in [5.41, 5.74) is 3.93. The molecule has 0 saturated carbocycles. The number of piperidine rings is 1. The Morgan fingerprint density at radius 3 is 2.57 bits per heavy atom. The molecule has 0 radical (unpaired) electrons. The van der Waals surface area contributed by atoms with Crippen LogP contribution in [0.5, 0.6) is 0 Å². The Labute approximate surface area is 166 Å².